The number of nitrogens with one attached hydrogen (secondary N) is 1. The van der Waals surface area contributed by atoms with Crippen LogP contribution >= 0.6 is 0 Å². The Kier molecular flexibility index (Phi) is 3.18. The summed E-state index contributed by atoms with van der Waals surface area (Å²) in [4.78, 5) is 15.9. The van der Waals surface area contributed by atoms with Gasteiger partial charge in [0.25, 0.3) is 0 Å². The van der Waals surface area contributed by atoms with Crippen LogP contribution in [0.1, 0.15) is 18.4 Å². The minimum absolute atomic E-state index is 0.0421. The lowest BCUT2D eigenvalue weighted by atomic mass is 10.0. The van der Waals surface area contributed by atoms with Crippen LogP contribution < -0.4 is 5.32 Å². The lowest BCUT2D eigenvalue weighted by Crippen LogP contribution is -2.14. The van der Waals surface area contributed by atoms with Crippen LogP contribution in [-0.2, 0) is 4.79 Å². The standard InChI is InChI=1S/C16H13N3O/c17-10-11-2-1-3-13(8-11)14-6-7-18-15(9-14)19-16(20)12-4-5-12/h1-3,6-9,12H,4-5H2,(H,18,19,20). The molecule has 1 aliphatic carbocycles. The van der Waals surface area contributed by atoms with Gasteiger partial charge >= 0.3 is 0 Å². The number of carbonyl (C=O) groups excluding carboxylic acids is 1. The molecule has 1 aromatic carbocycles. The average molecular weight is 263 g/mol. The molecule has 1 heterocycles. The Morgan fingerprint density at radius 2 is 2.05 bits per heavy atom. The van der Waals surface area contributed by atoms with E-state index >= 15 is 0 Å². The fraction of sp³-hybridized carbons (Fsp3) is 0.188. The monoisotopic (exact) mass is 263 g/mol. The predicted octanol–water partition coefficient (Wildman–Crippen LogP) is 2.97. The number of carbonyl (C=O) groups is 1. The second-order valence-electron chi connectivity index (χ2n) is 4.89. The summed E-state index contributed by atoms with van der Waals surface area (Å²) in [5.74, 6) is 0.754. The van der Waals surface area contributed by atoms with Gasteiger partial charge in [0.2, 0.25) is 5.91 Å². The Morgan fingerprint density at radius 3 is 2.80 bits per heavy atom. The highest BCUT2D eigenvalue weighted by molar-refractivity contribution is 5.93. The lowest BCUT2D eigenvalue weighted by Gasteiger charge is -2.06. The lowest BCUT2D eigenvalue weighted by molar-refractivity contribution is -0.117. The molecule has 2 aromatic rings. The zero-order valence-electron chi connectivity index (χ0n) is 10.8. The number of amides is 1. The molecule has 98 valence electrons. The molecule has 4 heteroatoms. The van der Waals surface area contributed by atoms with Crippen molar-refractivity contribution < 1.29 is 4.79 Å². The van der Waals surface area contributed by atoms with Gasteiger partial charge in [0.05, 0.1) is 11.6 Å². The minimum atomic E-state index is 0.0421. The van der Waals surface area contributed by atoms with Gasteiger partial charge in [0, 0.05) is 12.1 Å². The van der Waals surface area contributed by atoms with Crippen molar-refractivity contribution in [3.05, 3.63) is 48.2 Å². The number of benzene rings is 1. The van der Waals surface area contributed by atoms with Crippen LogP contribution in [0.15, 0.2) is 42.6 Å². The first-order valence-corrected chi connectivity index (χ1v) is 6.54. The molecule has 1 amide bonds. The van der Waals surface area contributed by atoms with E-state index in [1.807, 2.05) is 30.3 Å². The second-order valence-corrected chi connectivity index (χ2v) is 4.89. The average Bonchev–Trinajstić information content (AvgIpc) is 3.32. The number of nitrogens with zero attached hydrogens (tertiary/aromatic N) is 2. The van der Waals surface area contributed by atoms with Gasteiger partial charge in [0.1, 0.15) is 5.82 Å². The molecule has 0 spiro atoms. The van der Waals surface area contributed by atoms with Crippen molar-refractivity contribution >= 4 is 11.7 Å². The van der Waals surface area contributed by atoms with Gasteiger partial charge in [-0.3, -0.25) is 4.79 Å². The van der Waals surface area contributed by atoms with Crippen LogP contribution in [0, 0.1) is 17.2 Å². The summed E-state index contributed by atoms with van der Waals surface area (Å²) in [5, 5.41) is 11.8. The number of hydrogen-bond acceptors (Lipinski definition) is 3. The summed E-state index contributed by atoms with van der Waals surface area (Å²) in [7, 11) is 0. The predicted molar refractivity (Wildman–Crippen MR) is 75.7 cm³/mol. The van der Waals surface area contributed by atoms with Gasteiger partial charge in [-0.2, -0.15) is 5.26 Å². The Balaban J connectivity index is 1.86. The Labute approximate surface area is 117 Å². The number of hydrogen-bond donors (Lipinski definition) is 1. The molecule has 1 fully saturated rings. The second kappa shape index (κ2) is 5.14. The van der Waals surface area contributed by atoms with Gasteiger partial charge in [-0.25, -0.2) is 4.98 Å². The molecule has 0 aliphatic heterocycles. The van der Waals surface area contributed by atoms with Crippen LogP contribution in [0.3, 0.4) is 0 Å². The minimum Gasteiger partial charge on any atom is -0.310 e. The van der Waals surface area contributed by atoms with Crippen LogP contribution in [0.25, 0.3) is 11.1 Å². The number of anilines is 1. The molecular weight excluding hydrogens is 250 g/mol. The van der Waals surface area contributed by atoms with E-state index in [9.17, 15) is 4.79 Å². The first-order chi connectivity index (χ1) is 9.76. The van der Waals surface area contributed by atoms with Crippen molar-refractivity contribution in [1.82, 2.24) is 4.98 Å². The zero-order chi connectivity index (χ0) is 13.9. The third-order valence-electron chi connectivity index (χ3n) is 3.28. The van der Waals surface area contributed by atoms with Crippen molar-refractivity contribution in [1.29, 1.82) is 5.26 Å². The summed E-state index contributed by atoms with van der Waals surface area (Å²) in [6.07, 6.45) is 3.60. The molecule has 0 unspecified atom stereocenters. The van der Waals surface area contributed by atoms with E-state index in [4.69, 9.17) is 5.26 Å². The molecular formula is C16H13N3O. The van der Waals surface area contributed by atoms with Gasteiger partial charge in [-0.1, -0.05) is 12.1 Å². The van der Waals surface area contributed by atoms with E-state index in [0.29, 0.717) is 11.4 Å². The Hall–Kier alpha value is -2.67. The highest BCUT2D eigenvalue weighted by Gasteiger charge is 2.29. The number of rotatable bonds is 3. The molecule has 1 N–H and O–H groups in total. The number of nitriles is 1. The molecule has 1 aromatic heterocycles. The van der Waals surface area contributed by atoms with Gasteiger partial charge in [0.15, 0.2) is 0 Å². The first kappa shape index (κ1) is 12.4. The molecule has 3 rings (SSSR count). The van der Waals surface area contributed by atoms with Crippen molar-refractivity contribution in [3.8, 4) is 17.2 Å². The molecule has 0 saturated heterocycles. The van der Waals surface area contributed by atoms with Gasteiger partial charge in [-0.05, 0) is 48.2 Å². The van der Waals surface area contributed by atoms with Gasteiger partial charge < -0.3 is 5.32 Å². The van der Waals surface area contributed by atoms with Crippen LogP contribution in [0.5, 0.6) is 0 Å². The fourth-order valence-corrected chi connectivity index (χ4v) is 2.02. The molecule has 1 saturated carbocycles. The normalized spacial score (nSPS) is 13.6. The zero-order valence-corrected chi connectivity index (χ0v) is 10.8. The SMILES string of the molecule is N#Cc1cccc(-c2ccnc(NC(=O)C3CC3)c2)c1. The number of pyridine rings is 1. The maximum atomic E-state index is 11.7. The molecule has 20 heavy (non-hydrogen) atoms. The largest absolute Gasteiger partial charge is 0.310 e. The molecule has 0 radical (unpaired) electrons. The Morgan fingerprint density at radius 1 is 1.25 bits per heavy atom. The molecule has 0 bridgehead atoms. The van der Waals surface area contributed by atoms with E-state index in [-0.39, 0.29) is 11.8 Å². The third kappa shape index (κ3) is 2.67. The maximum absolute atomic E-state index is 11.7. The highest BCUT2D eigenvalue weighted by atomic mass is 16.2. The maximum Gasteiger partial charge on any atom is 0.228 e. The Bertz CT molecular complexity index is 699. The van der Waals surface area contributed by atoms with E-state index in [0.717, 1.165) is 24.0 Å². The van der Waals surface area contributed by atoms with Crippen LogP contribution in [0.4, 0.5) is 5.82 Å². The van der Waals surface area contributed by atoms with E-state index in [2.05, 4.69) is 16.4 Å². The third-order valence-corrected chi connectivity index (χ3v) is 3.28. The smallest absolute Gasteiger partial charge is 0.228 e. The summed E-state index contributed by atoms with van der Waals surface area (Å²) in [6, 6.07) is 13.2. The van der Waals surface area contributed by atoms with E-state index in [1.165, 1.54) is 0 Å². The summed E-state index contributed by atoms with van der Waals surface area (Å²) in [6.45, 7) is 0. The van der Waals surface area contributed by atoms with Crippen molar-refractivity contribution in [3.63, 3.8) is 0 Å². The molecule has 0 atom stereocenters. The van der Waals surface area contributed by atoms with E-state index in [1.54, 1.807) is 12.3 Å². The summed E-state index contributed by atoms with van der Waals surface area (Å²) >= 11 is 0. The highest BCUT2D eigenvalue weighted by Crippen LogP contribution is 2.30. The van der Waals surface area contributed by atoms with Crippen LogP contribution in [-0.4, -0.2) is 10.9 Å². The van der Waals surface area contributed by atoms with E-state index < -0.39 is 0 Å². The van der Waals surface area contributed by atoms with Crippen LogP contribution in [0.2, 0.25) is 0 Å². The quantitative estimate of drug-likeness (QED) is 0.925. The molecule has 1 aliphatic rings. The van der Waals surface area contributed by atoms with Gasteiger partial charge in [-0.15, -0.1) is 0 Å². The van der Waals surface area contributed by atoms with Crippen molar-refractivity contribution in [2.45, 2.75) is 12.8 Å². The summed E-state index contributed by atoms with van der Waals surface area (Å²) < 4.78 is 0. The summed E-state index contributed by atoms with van der Waals surface area (Å²) in [5.41, 5.74) is 2.49. The fourth-order valence-electron chi connectivity index (χ4n) is 2.02. The number of aromatic nitrogens is 1. The molecule has 4 nitrogen and oxygen atoms in total. The van der Waals surface area contributed by atoms with Crippen molar-refractivity contribution in [2.24, 2.45) is 5.92 Å². The first-order valence-electron chi connectivity index (χ1n) is 6.54. The van der Waals surface area contributed by atoms with Crippen molar-refractivity contribution in [2.75, 3.05) is 5.32 Å². The topological polar surface area (TPSA) is 65.8 Å².